The van der Waals surface area contributed by atoms with Crippen LogP contribution in [0.4, 0.5) is 0 Å². The first kappa shape index (κ1) is 21.8. The highest BCUT2D eigenvalue weighted by Gasteiger charge is 2.36. The fourth-order valence-corrected chi connectivity index (χ4v) is 7.78. The zero-order chi connectivity index (χ0) is 21.1. The number of furan rings is 1. The van der Waals surface area contributed by atoms with Crippen molar-refractivity contribution in [2.75, 3.05) is 18.1 Å². The fraction of sp³-hybridized carbons (Fsp3) is 0.609. The Labute approximate surface area is 183 Å². The Morgan fingerprint density at radius 3 is 2.63 bits per heavy atom. The molecule has 1 saturated heterocycles. The van der Waals surface area contributed by atoms with Gasteiger partial charge in [0.15, 0.2) is 15.6 Å². The van der Waals surface area contributed by atoms with E-state index in [1.165, 1.54) is 32.1 Å². The number of thioether (sulfide) groups is 1. The predicted octanol–water partition coefficient (Wildman–Crippen LogP) is 5.04. The third kappa shape index (κ3) is 4.72. The van der Waals surface area contributed by atoms with E-state index in [0.29, 0.717) is 24.0 Å². The van der Waals surface area contributed by atoms with Crippen molar-refractivity contribution in [2.24, 2.45) is 0 Å². The Bertz CT molecular complexity index is 992. The highest BCUT2D eigenvalue weighted by atomic mass is 32.2. The van der Waals surface area contributed by atoms with E-state index in [-0.39, 0.29) is 23.5 Å². The summed E-state index contributed by atoms with van der Waals surface area (Å²) in [5.74, 6) is 1.22. The van der Waals surface area contributed by atoms with Gasteiger partial charge in [0.2, 0.25) is 0 Å². The van der Waals surface area contributed by atoms with Crippen LogP contribution in [0, 0.1) is 0 Å². The first-order valence-electron chi connectivity index (χ1n) is 11.1. The van der Waals surface area contributed by atoms with Crippen LogP contribution in [0.5, 0.6) is 0 Å². The Morgan fingerprint density at radius 1 is 1.17 bits per heavy atom. The largest absolute Gasteiger partial charge is 0.451 e. The lowest BCUT2D eigenvalue weighted by Gasteiger charge is -2.27. The molecule has 2 aromatic rings. The lowest BCUT2D eigenvalue weighted by Crippen LogP contribution is -2.41. The van der Waals surface area contributed by atoms with Crippen LogP contribution in [0.15, 0.2) is 28.7 Å². The molecule has 30 heavy (non-hydrogen) atoms. The third-order valence-corrected chi connectivity index (χ3v) is 9.43. The molecule has 0 N–H and O–H groups in total. The molecule has 2 heterocycles. The molecule has 1 amide bonds. The highest BCUT2D eigenvalue weighted by Crippen LogP contribution is 2.36. The van der Waals surface area contributed by atoms with Crippen molar-refractivity contribution in [1.82, 2.24) is 4.90 Å². The molecule has 1 aromatic carbocycles. The van der Waals surface area contributed by atoms with E-state index in [0.717, 1.165) is 28.7 Å². The highest BCUT2D eigenvalue weighted by molar-refractivity contribution is 7.99. The van der Waals surface area contributed by atoms with Gasteiger partial charge < -0.3 is 9.32 Å². The smallest absolute Gasteiger partial charge is 0.290 e. The van der Waals surface area contributed by atoms with Crippen LogP contribution < -0.4 is 0 Å². The van der Waals surface area contributed by atoms with Crippen LogP contribution >= 0.6 is 11.8 Å². The van der Waals surface area contributed by atoms with Crippen LogP contribution in [-0.2, 0) is 15.6 Å². The topological polar surface area (TPSA) is 67.6 Å². The molecule has 1 saturated carbocycles. The van der Waals surface area contributed by atoms with E-state index < -0.39 is 9.84 Å². The average molecular weight is 450 g/mol. The molecule has 1 atom stereocenters. The van der Waals surface area contributed by atoms with E-state index in [4.69, 9.17) is 4.42 Å². The summed E-state index contributed by atoms with van der Waals surface area (Å²) in [6.07, 6.45) is 7.68. The number of hydrogen-bond acceptors (Lipinski definition) is 5. The Kier molecular flexibility index (Phi) is 6.78. The van der Waals surface area contributed by atoms with Gasteiger partial charge in [-0.15, -0.1) is 0 Å². The molecule has 5 nitrogen and oxygen atoms in total. The summed E-state index contributed by atoms with van der Waals surface area (Å²) < 4.78 is 30.1. The summed E-state index contributed by atoms with van der Waals surface area (Å²) in [4.78, 5) is 15.3. The second kappa shape index (κ2) is 9.35. The van der Waals surface area contributed by atoms with Crippen LogP contribution in [0.3, 0.4) is 0 Å². The number of amides is 1. The molecule has 7 heteroatoms. The van der Waals surface area contributed by atoms with Crippen molar-refractivity contribution in [3.05, 3.63) is 35.6 Å². The van der Waals surface area contributed by atoms with Gasteiger partial charge in [-0.05, 0) is 31.7 Å². The maximum Gasteiger partial charge on any atom is 0.290 e. The standard InChI is InChI=1S/C23H31NO4S2/c1-2-13-24(17-12-14-30(26,27)16-17)23(25)22-20(15-29-18-8-4-3-5-9-18)19-10-6-7-11-21(19)28-22/h6-7,10-11,17-18H,2-5,8-9,12-16H2,1H3. The van der Waals surface area contributed by atoms with Crippen molar-refractivity contribution in [2.45, 2.75) is 68.9 Å². The average Bonchev–Trinajstić information content (AvgIpc) is 3.30. The van der Waals surface area contributed by atoms with Crippen molar-refractivity contribution in [3.8, 4) is 0 Å². The van der Waals surface area contributed by atoms with E-state index in [2.05, 4.69) is 0 Å². The van der Waals surface area contributed by atoms with Gasteiger partial charge in [0, 0.05) is 34.5 Å². The number of hydrogen-bond donors (Lipinski definition) is 0. The van der Waals surface area contributed by atoms with Gasteiger partial charge in [-0.2, -0.15) is 11.8 Å². The number of para-hydroxylation sites is 1. The van der Waals surface area contributed by atoms with Gasteiger partial charge in [0.1, 0.15) is 5.58 Å². The number of rotatable bonds is 7. The van der Waals surface area contributed by atoms with Crippen LogP contribution in [0.1, 0.15) is 68.0 Å². The summed E-state index contributed by atoms with van der Waals surface area (Å²) >= 11 is 1.93. The van der Waals surface area contributed by atoms with Crippen LogP contribution in [0.2, 0.25) is 0 Å². The zero-order valence-corrected chi connectivity index (χ0v) is 19.3. The van der Waals surface area contributed by atoms with Crippen LogP contribution in [-0.4, -0.2) is 48.6 Å². The van der Waals surface area contributed by atoms with E-state index in [9.17, 15) is 13.2 Å². The first-order chi connectivity index (χ1) is 14.5. The molecule has 1 aromatic heterocycles. The predicted molar refractivity (Wildman–Crippen MR) is 123 cm³/mol. The fourth-order valence-electron chi connectivity index (χ4n) is 4.69. The molecule has 0 spiro atoms. The number of nitrogens with zero attached hydrogens (tertiary/aromatic N) is 1. The molecule has 4 rings (SSSR count). The van der Waals surface area contributed by atoms with Crippen molar-refractivity contribution in [1.29, 1.82) is 0 Å². The number of fused-ring (bicyclic) bond motifs is 1. The van der Waals surface area contributed by atoms with Gasteiger partial charge in [-0.25, -0.2) is 8.42 Å². The van der Waals surface area contributed by atoms with Gasteiger partial charge in [0.05, 0.1) is 11.5 Å². The molecule has 1 aliphatic carbocycles. The van der Waals surface area contributed by atoms with Gasteiger partial charge in [-0.1, -0.05) is 44.4 Å². The quantitative estimate of drug-likeness (QED) is 0.592. The second-order valence-electron chi connectivity index (χ2n) is 8.53. The third-order valence-electron chi connectivity index (χ3n) is 6.28. The molecule has 1 unspecified atom stereocenters. The lowest BCUT2D eigenvalue weighted by atomic mass is 10.0. The van der Waals surface area contributed by atoms with Crippen molar-refractivity contribution < 1.29 is 17.6 Å². The Balaban J connectivity index is 1.63. The molecule has 0 bridgehead atoms. The minimum absolute atomic E-state index is 0.0606. The lowest BCUT2D eigenvalue weighted by molar-refractivity contribution is 0.0665. The van der Waals surface area contributed by atoms with Crippen molar-refractivity contribution >= 4 is 38.5 Å². The van der Waals surface area contributed by atoms with Crippen LogP contribution in [0.25, 0.3) is 11.0 Å². The number of benzene rings is 1. The summed E-state index contributed by atoms with van der Waals surface area (Å²) in [5.41, 5.74) is 1.70. The van der Waals surface area contributed by atoms with E-state index in [1.54, 1.807) is 4.90 Å². The maximum absolute atomic E-state index is 13.6. The van der Waals surface area contributed by atoms with E-state index in [1.807, 2.05) is 43.0 Å². The Morgan fingerprint density at radius 2 is 1.93 bits per heavy atom. The monoisotopic (exact) mass is 449 g/mol. The maximum atomic E-state index is 13.6. The normalized spacial score (nSPS) is 21.8. The number of carbonyl (C=O) groups is 1. The van der Waals surface area contributed by atoms with Gasteiger partial charge in [0.25, 0.3) is 5.91 Å². The molecule has 0 radical (unpaired) electrons. The molecular formula is C23H31NO4S2. The summed E-state index contributed by atoms with van der Waals surface area (Å²) in [5, 5.41) is 1.64. The summed E-state index contributed by atoms with van der Waals surface area (Å²) in [6, 6.07) is 7.58. The molecule has 2 aliphatic rings. The summed E-state index contributed by atoms with van der Waals surface area (Å²) in [6.45, 7) is 2.56. The molecular weight excluding hydrogens is 418 g/mol. The van der Waals surface area contributed by atoms with Gasteiger partial charge >= 0.3 is 0 Å². The molecule has 2 fully saturated rings. The summed E-state index contributed by atoms with van der Waals surface area (Å²) in [7, 11) is -3.06. The minimum atomic E-state index is -3.06. The number of sulfone groups is 1. The molecule has 1 aliphatic heterocycles. The zero-order valence-electron chi connectivity index (χ0n) is 17.6. The SMILES string of the molecule is CCCN(C(=O)c1oc2ccccc2c1CSC1CCCCC1)C1CCS(=O)(=O)C1. The Hall–Kier alpha value is -1.47. The first-order valence-corrected chi connectivity index (χ1v) is 14.0. The number of carbonyl (C=O) groups excluding carboxylic acids is 1. The van der Waals surface area contributed by atoms with Gasteiger partial charge in [-0.3, -0.25) is 4.79 Å². The minimum Gasteiger partial charge on any atom is -0.451 e. The van der Waals surface area contributed by atoms with E-state index >= 15 is 0 Å². The van der Waals surface area contributed by atoms with Crippen molar-refractivity contribution in [3.63, 3.8) is 0 Å². The second-order valence-corrected chi connectivity index (χ2v) is 12.0. The molecule has 164 valence electrons.